The topological polar surface area (TPSA) is 117 Å². The predicted molar refractivity (Wildman–Crippen MR) is 104 cm³/mol. The number of fused-ring (bicyclic) bond motifs is 2. The first kappa shape index (κ1) is 17.3. The fourth-order valence-corrected chi connectivity index (χ4v) is 5.87. The van der Waals surface area contributed by atoms with Crippen LogP contribution in [0.3, 0.4) is 0 Å². The van der Waals surface area contributed by atoms with Crippen LogP contribution in [0.2, 0.25) is 0 Å². The highest BCUT2D eigenvalue weighted by atomic mass is 32.2. The molecule has 5 rings (SSSR count). The van der Waals surface area contributed by atoms with Gasteiger partial charge in [0.2, 0.25) is 5.95 Å². The Balaban J connectivity index is 1.35. The van der Waals surface area contributed by atoms with Gasteiger partial charge in [0.1, 0.15) is 5.82 Å². The third-order valence-electron chi connectivity index (χ3n) is 5.21. The Hall–Kier alpha value is -2.79. The average Bonchev–Trinajstić information content (AvgIpc) is 3.25. The minimum Gasteiger partial charge on any atom is -0.350 e. The van der Waals surface area contributed by atoms with Crippen molar-refractivity contribution >= 4 is 27.3 Å². The van der Waals surface area contributed by atoms with Gasteiger partial charge in [0.25, 0.3) is 0 Å². The maximum atomic E-state index is 12.1. The Morgan fingerprint density at radius 2 is 2.14 bits per heavy atom. The molecule has 2 fully saturated rings. The second-order valence-corrected chi connectivity index (χ2v) is 9.19. The minimum atomic E-state index is -3.02. The van der Waals surface area contributed by atoms with Gasteiger partial charge in [0, 0.05) is 31.5 Å². The maximum Gasteiger partial charge on any atom is 0.224 e. The summed E-state index contributed by atoms with van der Waals surface area (Å²) in [5, 5.41) is 14.8. The lowest BCUT2D eigenvalue weighted by Crippen LogP contribution is -2.57. The molecule has 146 valence electrons. The summed E-state index contributed by atoms with van der Waals surface area (Å²) in [6.45, 7) is 1.87. The molecule has 0 amide bonds. The van der Waals surface area contributed by atoms with Crippen LogP contribution in [0.1, 0.15) is 5.82 Å². The maximum absolute atomic E-state index is 12.1. The van der Waals surface area contributed by atoms with Crippen LogP contribution < -0.4 is 15.5 Å². The summed E-state index contributed by atoms with van der Waals surface area (Å²) in [5.74, 6) is 2.31. The molecule has 0 spiro atoms. The molecule has 0 aromatic carbocycles. The summed E-state index contributed by atoms with van der Waals surface area (Å²) in [4.78, 5) is 11.0. The normalized spacial score (nSPS) is 23.6. The van der Waals surface area contributed by atoms with Crippen LogP contribution in [-0.4, -0.2) is 69.7 Å². The predicted octanol–water partition coefficient (Wildman–Crippen LogP) is -0.293. The van der Waals surface area contributed by atoms with E-state index in [1.807, 2.05) is 34.9 Å². The van der Waals surface area contributed by atoms with Crippen LogP contribution in [0.4, 0.5) is 11.8 Å². The average molecular weight is 400 g/mol. The quantitative estimate of drug-likeness (QED) is 0.609. The van der Waals surface area contributed by atoms with Crippen molar-refractivity contribution in [2.24, 2.45) is 0 Å². The molecule has 5 heterocycles. The Bertz CT molecular complexity index is 1120. The molecular weight excluding hydrogens is 380 g/mol. The lowest BCUT2D eigenvalue weighted by Gasteiger charge is -2.38. The van der Waals surface area contributed by atoms with Gasteiger partial charge in [-0.05, 0) is 18.2 Å². The monoisotopic (exact) mass is 400 g/mol. The van der Waals surface area contributed by atoms with Crippen molar-refractivity contribution in [1.29, 1.82) is 0 Å². The van der Waals surface area contributed by atoms with E-state index >= 15 is 0 Å². The molecule has 2 N–H and O–H groups in total. The molecule has 0 radical (unpaired) electrons. The molecule has 11 heteroatoms. The Morgan fingerprint density at radius 3 is 3.07 bits per heavy atom. The SMILES string of the molecule is O=S1(=O)C[C@@H]2NCCN(c3ccnc(NCc4nnc5ccccn45)n3)[C@@H]2C1. The summed E-state index contributed by atoms with van der Waals surface area (Å²) in [6, 6.07) is 7.41. The van der Waals surface area contributed by atoms with E-state index in [1.54, 1.807) is 6.20 Å². The van der Waals surface area contributed by atoms with E-state index < -0.39 is 9.84 Å². The van der Waals surface area contributed by atoms with E-state index in [0.29, 0.717) is 19.0 Å². The highest BCUT2D eigenvalue weighted by Gasteiger charge is 2.43. The second-order valence-electron chi connectivity index (χ2n) is 7.04. The summed E-state index contributed by atoms with van der Waals surface area (Å²) in [5.41, 5.74) is 0.781. The van der Waals surface area contributed by atoms with Crippen molar-refractivity contribution in [1.82, 2.24) is 29.9 Å². The zero-order valence-corrected chi connectivity index (χ0v) is 15.9. The van der Waals surface area contributed by atoms with Crippen LogP contribution in [-0.2, 0) is 16.4 Å². The lowest BCUT2D eigenvalue weighted by atomic mass is 10.1. The van der Waals surface area contributed by atoms with Crippen LogP contribution in [0, 0.1) is 0 Å². The standard InChI is InChI=1S/C17H20N8O2S/c26-28(27)10-12-13(11-28)24(8-6-18-12)14-4-5-19-17(21-14)20-9-16-23-22-15-3-1-2-7-25(15)16/h1-5,7,12-13,18H,6,8-11H2,(H,19,20,21)/t12-,13+/m0/s1. The van der Waals surface area contributed by atoms with Gasteiger partial charge in [0.05, 0.1) is 24.1 Å². The first-order valence-corrected chi connectivity index (χ1v) is 11.0. The van der Waals surface area contributed by atoms with Gasteiger partial charge in [-0.2, -0.15) is 4.98 Å². The number of nitrogens with zero attached hydrogens (tertiary/aromatic N) is 6. The molecule has 0 bridgehead atoms. The number of sulfone groups is 1. The summed E-state index contributed by atoms with van der Waals surface area (Å²) >= 11 is 0. The number of anilines is 2. The first-order valence-electron chi connectivity index (χ1n) is 9.15. The molecule has 2 atom stereocenters. The van der Waals surface area contributed by atoms with E-state index in [-0.39, 0.29) is 23.6 Å². The van der Waals surface area contributed by atoms with Gasteiger partial charge in [-0.1, -0.05) is 6.07 Å². The molecule has 0 unspecified atom stereocenters. The Kier molecular flexibility index (Phi) is 4.13. The fourth-order valence-electron chi connectivity index (χ4n) is 3.92. The van der Waals surface area contributed by atoms with Gasteiger partial charge >= 0.3 is 0 Å². The summed E-state index contributed by atoms with van der Waals surface area (Å²) < 4.78 is 26.0. The molecule has 28 heavy (non-hydrogen) atoms. The van der Waals surface area contributed by atoms with Crippen molar-refractivity contribution in [2.75, 3.05) is 34.8 Å². The van der Waals surface area contributed by atoms with Crippen molar-refractivity contribution in [3.05, 3.63) is 42.5 Å². The van der Waals surface area contributed by atoms with Gasteiger partial charge < -0.3 is 15.5 Å². The molecule has 2 aliphatic heterocycles. The molecule has 2 aliphatic rings. The Morgan fingerprint density at radius 1 is 1.21 bits per heavy atom. The molecule has 3 aromatic rings. The number of piperazine rings is 1. The summed E-state index contributed by atoms with van der Waals surface area (Å²) in [6.07, 6.45) is 3.60. The van der Waals surface area contributed by atoms with Crippen molar-refractivity contribution in [2.45, 2.75) is 18.6 Å². The van der Waals surface area contributed by atoms with Crippen LogP contribution >= 0.6 is 0 Å². The fraction of sp³-hybridized carbons (Fsp3) is 0.412. The zero-order chi connectivity index (χ0) is 19.1. The van der Waals surface area contributed by atoms with E-state index in [1.165, 1.54) is 0 Å². The number of hydrogen-bond acceptors (Lipinski definition) is 9. The molecule has 3 aromatic heterocycles. The van der Waals surface area contributed by atoms with E-state index in [0.717, 1.165) is 23.8 Å². The number of aromatic nitrogens is 5. The Labute approximate surface area is 161 Å². The number of hydrogen-bond donors (Lipinski definition) is 2. The molecule has 0 aliphatic carbocycles. The largest absolute Gasteiger partial charge is 0.350 e. The van der Waals surface area contributed by atoms with Crippen molar-refractivity contribution in [3.63, 3.8) is 0 Å². The highest BCUT2D eigenvalue weighted by molar-refractivity contribution is 7.91. The number of pyridine rings is 1. The third kappa shape index (κ3) is 3.16. The van der Waals surface area contributed by atoms with E-state index in [9.17, 15) is 8.42 Å². The molecule has 2 saturated heterocycles. The second kappa shape index (κ2) is 6.67. The number of rotatable bonds is 4. The van der Waals surface area contributed by atoms with Crippen molar-refractivity contribution < 1.29 is 8.42 Å². The van der Waals surface area contributed by atoms with Gasteiger partial charge in [-0.3, -0.25) is 4.40 Å². The smallest absolute Gasteiger partial charge is 0.224 e. The third-order valence-corrected chi connectivity index (χ3v) is 6.92. The molecule has 0 saturated carbocycles. The van der Waals surface area contributed by atoms with E-state index in [4.69, 9.17) is 0 Å². The van der Waals surface area contributed by atoms with Crippen LogP contribution in [0.15, 0.2) is 36.7 Å². The zero-order valence-electron chi connectivity index (χ0n) is 15.1. The lowest BCUT2D eigenvalue weighted by molar-refractivity contribution is 0.423. The van der Waals surface area contributed by atoms with Gasteiger partial charge in [-0.15, -0.1) is 10.2 Å². The van der Waals surface area contributed by atoms with E-state index in [2.05, 4.69) is 35.7 Å². The van der Waals surface area contributed by atoms with Crippen molar-refractivity contribution in [3.8, 4) is 0 Å². The van der Waals surface area contributed by atoms with Crippen LogP contribution in [0.25, 0.3) is 5.65 Å². The van der Waals surface area contributed by atoms with Crippen LogP contribution in [0.5, 0.6) is 0 Å². The highest BCUT2D eigenvalue weighted by Crippen LogP contribution is 2.26. The molecule has 10 nitrogen and oxygen atoms in total. The number of nitrogens with one attached hydrogen (secondary N) is 2. The summed E-state index contributed by atoms with van der Waals surface area (Å²) in [7, 11) is -3.02. The van der Waals surface area contributed by atoms with Gasteiger partial charge in [0.15, 0.2) is 21.3 Å². The minimum absolute atomic E-state index is 0.0486. The molecular formula is C17H20N8O2S. The van der Waals surface area contributed by atoms with Gasteiger partial charge in [-0.25, -0.2) is 13.4 Å². The first-order chi connectivity index (χ1) is 13.6.